The maximum absolute atomic E-state index is 12.8. The first-order valence-corrected chi connectivity index (χ1v) is 9.76. The summed E-state index contributed by atoms with van der Waals surface area (Å²) in [6.07, 6.45) is 0. The Labute approximate surface area is 162 Å². The lowest BCUT2D eigenvalue weighted by Gasteiger charge is -2.34. The van der Waals surface area contributed by atoms with Crippen molar-refractivity contribution in [2.45, 2.75) is 32.9 Å². The second kappa shape index (κ2) is 9.16. The number of benzene rings is 1. The molecule has 1 aliphatic heterocycles. The van der Waals surface area contributed by atoms with E-state index in [0.717, 1.165) is 43.9 Å². The van der Waals surface area contributed by atoms with Crippen molar-refractivity contribution in [3.63, 3.8) is 0 Å². The smallest absolute Gasteiger partial charge is 0.224 e. The van der Waals surface area contributed by atoms with E-state index in [1.807, 2.05) is 12.1 Å². The molecule has 1 saturated heterocycles. The van der Waals surface area contributed by atoms with Gasteiger partial charge in [-0.1, -0.05) is 56.3 Å². The molecule has 3 rings (SSSR count). The molecule has 4 heteroatoms. The Morgan fingerprint density at radius 2 is 1.56 bits per heavy atom. The molecule has 1 aliphatic rings. The monoisotopic (exact) mass is 366 g/mol. The molecule has 2 aromatic carbocycles. The summed E-state index contributed by atoms with van der Waals surface area (Å²) >= 11 is 0. The number of hydrogen-bond donors (Lipinski definition) is 0. The molecule has 27 heavy (non-hydrogen) atoms. The topological polar surface area (TPSA) is 32.8 Å². The Balaban J connectivity index is 1.65. The van der Waals surface area contributed by atoms with Crippen molar-refractivity contribution in [3.05, 3.63) is 75.4 Å². The highest BCUT2D eigenvalue weighted by Crippen LogP contribution is 2.18. The predicted molar refractivity (Wildman–Crippen MR) is 110 cm³/mol. The first-order valence-electron chi connectivity index (χ1n) is 9.76. The summed E-state index contributed by atoms with van der Waals surface area (Å²) < 4.78 is 5.37. The SMILES string of the molecule is COc1cc(C(C)C)ccc(CN2CCN(Cc3ccccc3)CC2)c1=O. The van der Waals surface area contributed by atoms with E-state index < -0.39 is 0 Å². The average Bonchev–Trinajstić information content (AvgIpc) is 2.83. The lowest BCUT2D eigenvalue weighted by atomic mass is 10.1. The van der Waals surface area contributed by atoms with Crippen LogP contribution < -0.4 is 10.2 Å². The molecule has 0 N–H and O–H groups in total. The second-order valence-electron chi connectivity index (χ2n) is 7.59. The van der Waals surface area contributed by atoms with Crippen LogP contribution in [0.2, 0.25) is 0 Å². The first-order chi connectivity index (χ1) is 13.1. The van der Waals surface area contributed by atoms with Crippen molar-refractivity contribution >= 4 is 0 Å². The molecule has 0 saturated carbocycles. The molecular weight excluding hydrogens is 336 g/mol. The van der Waals surface area contributed by atoms with Crippen molar-refractivity contribution in [1.82, 2.24) is 9.80 Å². The van der Waals surface area contributed by atoms with E-state index >= 15 is 0 Å². The van der Waals surface area contributed by atoms with Crippen LogP contribution in [-0.2, 0) is 13.1 Å². The van der Waals surface area contributed by atoms with Gasteiger partial charge in [0.25, 0.3) is 0 Å². The Bertz CT molecular complexity index is 797. The minimum atomic E-state index is 0.0103. The van der Waals surface area contributed by atoms with Gasteiger partial charge < -0.3 is 4.74 Å². The van der Waals surface area contributed by atoms with Crippen LogP contribution >= 0.6 is 0 Å². The van der Waals surface area contributed by atoms with Crippen molar-refractivity contribution in [1.29, 1.82) is 0 Å². The van der Waals surface area contributed by atoms with Gasteiger partial charge in [0.1, 0.15) is 0 Å². The normalized spacial score (nSPS) is 15.9. The summed E-state index contributed by atoms with van der Waals surface area (Å²) in [7, 11) is 1.58. The van der Waals surface area contributed by atoms with Crippen LogP contribution in [0.5, 0.6) is 5.75 Å². The number of methoxy groups -OCH3 is 1. The number of hydrogen-bond acceptors (Lipinski definition) is 4. The summed E-state index contributed by atoms with van der Waals surface area (Å²) in [5.41, 5.74) is 3.31. The van der Waals surface area contributed by atoms with Gasteiger partial charge in [-0.25, -0.2) is 0 Å². The quantitative estimate of drug-likeness (QED) is 0.783. The molecule has 0 atom stereocenters. The van der Waals surface area contributed by atoms with Crippen molar-refractivity contribution in [3.8, 4) is 5.75 Å². The van der Waals surface area contributed by atoms with Gasteiger partial charge in [-0.05, 0) is 23.1 Å². The average molecular weight is 367 g/mol. The predicted octanol–water partition coefficient (Wildman–Crippen LogP) is 3.50. The third kappa shape index (κ3) is 5.18. The van der Waals surface area contributed by atoms with E-state index in [9.17, 15) is 4.79 Å². The van der Waals surface area contributed by atoms with Gasteiger partial charge in [-0.15, -0.1) is 0 Å². The summed E-state index contributed by atoms with van der Waals surface area (Å²) in [6, 6.07) is 16.5. The molecule has 1 fully saturated rings. The van der Waals surface area contributed by atoms with Crippen molar-refractivity contribution in [2.24, 2.45) is 0 Å². The molecule has 4 nitrogen and oxygen atoms in total. The first kappa shape index (κ1) is 19.6. The Morgan fingerprint density at radius 3 is 2.15 bits per heavy atom. The molecule has 0 spiro atoms. The zero-order chi connectivity index (χ0) is 19.2. The van der Waals surface area contributed by atoms with Gasteiger partial charge in [0.2, 0.25) is 5.43 Å². The molecule has 0 aliphatic carbocycles. The zero-order valence-corrected chi connectivity index (χ0v) is 16.6. The van der Waals surface area contributed by atoms with Crippen LogP contribution in [0.4, 0.5) is 0 Å². The van der Waals surface area contributed by atoms with Gasteiger partial charge >= 0.3 is 0 Å². The van der Waals surface area contributed by atoms with Crippen LogP contribution in [0.3, 0.4) is 0 Å². The minimum Gasteiger partial charge on any atom is -0.493 e. The standard InChI is InChI=1S/C23H30N2O2/c1-18(2)20-9-10-21(23(26)22(15-20)27-3)17-25-13-11-24(12-14-25)16-19-7-5-4-6-8-19/h4-10,15,18H,11-14,16-17H2,1-3H3. The Kier molecular flexibility index (Phi) is 6.64. The molecule has 0 aromatic heterocycles. The second-order valence-corrected chi connectivity index (χ2v) is 7.59. The van der Waals surface area contributed by atoms with Crippen LogP contribution in [0.1, 0.15) is 36.5 Å². The fraction of sp³-hybridized carbons (Fsp3) is 0.435. The van der Waals surface area contributed by atoms with E-state index in [0.29, 0.717) is 18.2 Å². The largest absolute Gasteiger partial charge is 0.493 e. The summed E-state index contributed by atoms with van der Waals surface area (Å²) in [4.78, 5) is 17.6. The lowest BCUT2D eigenvalue weighted by molar-refractivity contribution is 0.121. The van der Waals surface area contributed by atoms with Gasteiger partial charge in [0.05, 0.1) is 7.11 Å². The maximum Gasteiger partial charge on any atom is 0.224 e. The highest BCUT2D eigenvalue weighted by molar-refractivity contribution is 5.33. The third-order valence-electron chi connectivity index (χ3n) is 5.28. The lowest BCUT2D eigenvalue weighted by Crippen LogP contribution is -2.45. The molecule has 0 radical (unpaired) electrons. The molecule has 0 unspecified atom stereocenters. The van der Waals surface area contributed by atoms with Gasteiger partial charge in [-0.2, -0.15) is 0 Å². The van der Waals surface area contributed by atoms with Crippen LogP contribution in [0, 0.1) is 0 Å². The van der Waals surface area contributed by atoms with E-state index in [2.05, 4.69) is 60.0 Å². The highest BCUT2D eigenvalue weighted by Gasteiger charge is 2.18. The molecule has 144 valence electrons. The fourth-order valence-electron chi connectivity index (χ4n) is 3.52. The molecule has 0 bridgehead atoms. The van der Waals surface area contributed by atoms with Gasteiger partial charge in [-0.3, -0.25) is 14.6 Å². The number of piperazine rings is 1. The number of nitrogens with zero attached hydrogens (tertiary/aromatic N) is 2. The van der Waals surface area contributed by atoms with Crippen molar-refractivity contribution < 1.29 is 4.74 Å². The van der Waals surface area contributed by atoms with Crippen LogP contribution in [-0.4, -0.2) is 43.1 Å². The number of ether oxygens (including phenoxy) is 1. The summed E-state index contributed by atoms with van der Waals surface area (Å²) in [5.74, 6) is 0.807. The Morgan fingerprint density at radius 1 is 0.926 bits per heavy atom. The Hall–Kier alpha value is -2.17. The summed E-state index contributed by atoms with van der Waals surface area (Å²) in [6.45, 7) is 9.94. The van der Waals surface area contributed by atoms with Crippen LogP contribution in [0.25, 0.3) is 0 Å². The molecule has 1 heterocycles. The van der Waals surface area contributed by atoms with Gasteiger partial charge in [0, 0.05) is 44.8 Å². The zero-order valence-electron chi connectivity index (χ0n) is 16.6. The molecule has 2 aromatic rings. The van der Waals surface area contributed by atoms with E-state index in [1.54, 1.807) is 7.11 Å². The highest BCUT2D eigenvalue weighted by atomic mass is 16.5. The summed E-state index contributed by atoms with van der Waals surface area (Å²) in [5, 5.41) is 0. The fourth-order valence-corrected chi connectivity index (χ4v) is 3.52. The molecule has 0 amide bonds. The van der Waals surface area contributed by atoms with E-state index in [4.69, 9.17) is 4.74 Å². The molecular formula is C23H30N2O2. The number of rotatable bonds is 6. The van der Waals surface area contributed by atoms with Gasteiger partial charge in [0.15, 0.2) is 5.75 Å². The van der Waals surface area contributed by atoms with Crippen molar-refractivity contribution in [2.75, 3.05) is 33.3 Å². The van der Waals surface area contributed by atoms with Crippen LogP contribution in [0.15, 0.2) is 53.3 Å². The van der Waals surface area contributed by atoms with E-state index in [1.165, 1.54) is 5.56 Å². The van der Waals surface area contributed by atoms with E-state index in [-0.39, 0.29) is 5.43 Å². The third-order valence-corrected chi connectivity index (χ3v) is 5.28. The minimum absolute atomic E-state index is 0.0103. The maximum atomic E-state index is 12.8.